The van der Waals surface area contributed by atoms with Gasteiger partial charge in [0.1, 0.15) is 6.10 Å². The lowest BCUT2D eigenvalue weighted by atomic mass is 10.2. The molecule has 0 aromatic carbocycles. The van der Waals surface area contributed by atoms with E-state index in [-0.39, 0.29) is 12.0 Å². The van der Waals surface area contributed by atoms with E-state index in [2.05, 4.69) is 5.32 Å². The summed E-state index contributed by atoms with van der Waals surface area (Å²) < 4.78 is 5.28. The highest BCUT2D eigenvalue weighted by molar-refractivity contribution is 7.07. The van der Waals surface area contributed by atoms with Crippen LogP contribution < -0.4 is 5.32 Å². The topological polar surface area (TPSA) is 38.3 Å². The van der Waals surface area contributed by atoms with Crippen molar-refractivity contribution in [3.05, 3.63) is 22.4 Å². The van der Waals surface area contributed by atoms with Gasteiger partial charge >= 0.3 is 0 Å². The van der Waals surface area contributed by atoms with E-state index in [9.17, 15) is 4.79 Å². The maximum Gasteiger partial charge on any atom is 0.219 e. The number of ether oxygens (including phenoxy) is 1. The van der Waals surface area contributed by atoms with Crippen LogP contribution in [0.4, 0.5) is 0 Å². The number of amides is 1. The van der Waals surface area contributed by atoms with Crippen molar-refractivity contribution in [2.24, 2.45) is 0 Å². The quantitative estimate of drug-likeness (QED) is 0.812. The fraction of sp³-hybridized carbons (Fsp3) is 0.500. The van der Waals surface area contributed by atoms with E-state index in [0.717, 1.165) is 5.56 Å². The molecule has 1 unspecified atom stereocenters. The molecular formula is C10H15NO2S. The molecular weight excluding hydrogens is 198 g/mol. The van der Waals surface area contributed by atoms with Crippen LogP contribution in [0.2, 0.25) is 0 Å². The van der Waals surface area contributed by atoms with Crippen LogP contribution in [-0.2, 0) is 9.53 Å². The van der Waals surface area contributed by atoms with Gasteiger partial charge in [-0.25, -0.2) is 0 Å². The normalized spacial score (nSPS) is 12.4. The van der Waals surface area contributed by atoms with Gasteiger partial charge in [0, 0.05) is 20.1 Å². The fourth-order valence-electron chi connectivity index (χ4n) is 1.13. The Balaban J connectivity index is 2.44. The first-order valence-corrected chi connectivity index (χ1v) is 5.53. The molecule has 3 nitrogen and oxygen atoms in total. The summed E-state index contributed by atoms with van der Waals surface area (Å²) in [5.41, 5.74) is 1.12. The second-order valence-corrected chi connectivity index (χ2v) is 3.72. The number of carbonyl (C=O) groups excluding carboxylic acids is 1. The molecule has 0 bridgehead atoms. The first kappa shape index (κ1) is 11.2. The number of thiophene rings is 1. The highest BCUT2D eigenvalue weighted by Gasteiger charge is 2.11. The third-order valence-electron chi connectivity index (χ3n) is 2.01. The van der Waals surface area contributed by atoms with Crippen molar-refractivity contribution in [1.29, 1.82) is 0 Å². The van der Waals surface area contributed by atoms with Gasteiger partial charge in [-0.05, 0) is 22.4 Å². The fourth-order valence-corrected chi connectivity index (χ4v) is 1.83. The summed E-state index contributed by atoms with van der Waals surface area (Å²) in [6, 6.07) is 2.01. The van der Waals surface area contributed by atoms with Crippen LogP contribution in [0.25, 0.3) is 0 Å². The second-order valence-electron chi connectivity index (χ2n) is 2.94. The lowest BCUT2D eigenvalue weighted by Gasteiger charge is -2.14. The van der Waals surface area contributed by atoms with Crippen LogP contribution in [0.15, 0.2) is 16.8 Å². The molecule has 1 rings (SSSR count). The zero-order valence-electron chi connectivity index (χ0n) is 8.45. The highest BCUT2D eigenvalue weighted by atomic mass is 32.1. The van der Waals surface area contributed by atoms with Crippen molar-refractivity contribution in [3.8, 4) is 0 Å². The predicted octanol–water partition coefficient (Wildman–Crippen LogP) is 1.96. The maximum absolute atomic E-state index is 11.0. The van der Waals surface area contributed by atoms with Crippen LogP contribution in [0.3, 0.4) is 0 Å². The van der Waals surface area contributed by atoms with Crippen LogP contribution in [-0.4, -0.2) is 19.6 Å². The van der Waals surface area contributed by atoms with Gasteiger partial charge in [-0.2, -0.15) is 11.3 Å². The molecule has 1 aromatic rings. The van der Waals surface area contributed by atoms with Crippen LogP contribution in [0.1, 0.15) is 25.0 Å². The number of methoxy groups -OCH3 is 1. The van der Waals surface area contributed by atoms with Crippen molar-refractivity contribution >= 4 is 17.2 Å². The number of hydrogen-bond acceptors (Lipinski definition) is 3. The summed E-state index contributed by atoms with van der Waals surface area (Å²) in [5.74, 6) is 0.0577. The summed E-state index contributed by atoms with van der Waals surface area (Å²) in [4.78, 5) is 11.0. The van der Waals surface area contributed by atoms with Gasteiger partial charge in [0.25, 0.3) is 0 Å². The number of nitrogens with one attached hydrogen (secondary N) is 1. The van der Waals surface area contributed by atoms with E-state index < -0.39 is 0 Å². The highest BCUT2D eigenvalue weighted by Crippen LogP contribution is 2.18. The summed E-state index contributed by atoms with van der Waals surface area (Å²) in [7, 11) is 1.65. The van der Waals surface area contributed by atoms with E-state index in [4.69, 9.17) is 4.74 Å². The molecule has 1 heterocycles. The minimum Gasteiger partial charge on any atom is -0.375 e. The molecule has 0 aliphatic heterocycles. The SMILES string of the molecule is CCC(=O)NCC(OC)c1ccsc1. The molecule has 0 spiro atoms. The van der Waals surface area contributed by atoms with Gasteiger partial charge in [0.15, 0.2) is 0 Å². The predicted molar refractivity (Wildman–Crippen MR) is 57.4 cm³/mol. The van der Waals surface area contributed by atoms with Crippen LogP contribution >= 0.6 is 11.3 Å². The lowest BCUT2D eigenvalue weighted by Crippen LogP contribution is -2.28. The standard InChI is InChI=1S/C10H15NO2S/c1-3-10(12)11-6-9(13-2)8-4-5-14-7-8/h4-5,7,9H,3,6H2,1-2H3,(H,11,12). The van der Waals surface area contributed by atoms with Gasteiger partial charge in [0.05, 0.1) is 0 Å². The molecule has 4 heteroatoms. The largest absolute Gasteiger partial charge is 0.375 e. The van der Waals surface area contributed by atoms with E-state index in [1.807, 2.05) is 23.8 Å². The van der Waals surface area contributed by atoms with Crippen molar-refractivity contribution < 1.29 is 9.53 Å². The zero-order chi connectivity index (χ0) is 10.4. The lowest BCUT2D eigenvalue weighted by molar-refractivity contribution is -0.121. The molecule has 0 aliphatic carbocycles. The smallest absolute Gasteiger partial charge is 0.219 e. The van der Waals surface area contributed by atoms with E-state index in [1.54, 1.807) is 18.4 Å². The monoisotopic (exact) mass is 213 g/mol. The van der Waals surface area contributed by atoms with E-state index >= 15 is 0 Å². The summed E-state index contributed by atoms with van der Waals surface area (Å²) in [5, 5.41) is 6.85. The molecule has 1 aromatic heterocycles. The molecule has 1 amide bonds. The first-order chi connectivity index (χ1) is 6.77. The molecule has 78 valence electrons. The summed E-state index contributed by atoms with van der Waals surface area (Å²) in [6.45, 7) is 2.38. The molecule has 0 fully saturated rings. The number of carbonyl (C=O) groups is 1. The Morgan fingerprint density at radius 2 is 2.50 bits per heavy atom. The van der Waals surface area contributed by atoms with Crippen molar-refractivity contribution in [2.45, 2.75) is 19.4 Å². The Bertz CT molecular complexity index is 272. The van der Waals surface area contributed by atoms with Gasteiger partial charge < -0.3 is 10.1 Å². The molecule has 0 radical (unpaired) electrons. The van der Waals surface area contributed by atoms with Gasteiger partial charge in [-0.3, -0.25) is 4.79 Å². The first-order valence-electron chi connectivity index (χ1n) is 4.59. The van der Waals surface area contributed by atoms with Crippen molar-refractivity contribution in [1.82, 2.24) is 5.32 Å². The average molecular weight is 213 g/mol. The van der Waals surface area contributed by atoms with Gasteiger partial charge in [-0.1, -0.05) is 6.92 Å². The average Bonchev–Trinajstić information content (AvgIpc) is 2.72. The summed E-state index contributed by atoms with van der Waals surface area (Å²) in [6.07, 6.45) is 0.483. The molecule has 1 N–H and O–H groups in total. The third kappa shape index (κ3) is 3.12. The van der Waals surface area contributed by atoms with E-state index in [0.29, 0.717) is 13.0 Å². The Morgan fingerprint density at radius 3 is 3.00 bits per heavy atom. The number of hydrogen-bond donors (Lipinski definition) is 1. The van der Waals surface area contributed by atoms with Crippen molar-refractivity contribution in [3.63, 3.8) is 0 Å². The van der Waals surface area contributed by atoms with Crippen LogP contribution in [0.5, 0.6) is 0 Å². The Hall–Kier alpha value is -0.870. The van der Waals surface area contributed by atoms with Crippen LogP contribution in [0, 0.1) is 0 Å². The minimum absolute atomic E-state index is 0.0308. The van der Waals surface area contributed by atoms with E-state index in [1.165, 1.54) is 0 Å². The molecule has 14 heavy (non-hydrogen) atoms. The number of rotatable bonds is 5. The van der Waals surface area contributed by atoms with Gasteiger partial charge in [0.2, 0.25) is 5.91 Å². The minimum atomic E-state index is -0.0308. The third-order valence-corrected chi connectivity index (χ3v) is 2.71. The Kier molecular flexibility index (Phi) is 4.62. The summed E-state index contributed by atoms with van der Waals surface area (Å²) >= 11 is 1.63. The molecule has 1 atom stereocenters. The Morgan fingerprint density at radius 1 is 1.71 bits per heavy atom. The van der Waals surface area contributed by atoms with Gasteiger partial charge in [-0.15, -0.1) is 0 Å². The second kappa shape index (κ2) is 5.78. The molecule has 0 aliphatic rings. The Labute approximate surface area is 88.1 Å². The molecule has 0 saturated heterocycles. The van der Waals surface area contributed by atoms with Crippen molar-refractivity contribution in [2.75, 3.05) is 13.7 Å². The molecule has 0 saturated carbocycles. The maximum atomic E-state index is 11.0. The zero-order valence-corrected chi connectivity index (χ0v) is 9.26.